The molecule has 0 bridgehead atoms. The van der Waals surface area contributed by atoms with E-state index in [1.807, 2.05) is 0 Å². The number of carbonyl (C=O) groups excluding carboxylic acids is 1. The van der Waals surface area contributed by atoms with Gasteiger partial charge in [0.1, 0.15) is 5.82 Å². The molecule has 104 valence electrons. The first-order chi connectivity index (χ1) is 8.91. The predicted octanol–water partition coefficient (Wildman–Crippen LogP) is 1.44. The number of aliphatic hydroxyl groups excluding tert-OH is 1. The summed E-state index contributed by atoms with van der Waals surface area (Å²) in [5.74, 6) is -2.06. The van der Waals surface area contributed by atoms with Crippen molar-refractivity contribution in [3.63, 3.8) is 0 Å². The second kappa shape index (κ2) is 6.91. The molecule has 4 N–H and O–H groups in total. The molecule has 8 heteroatoms. The summed E-state index contributed by atoms with van der Waals surface area (Å²) in [7, 11) is 0. The van der Waals surface area contributed by atoms with E-state index < -0.39 is 23.9 Å². The third-order valence-corrected chi connectivity index (χ3v) is 2.50. The molecule has 6 nitrogen and oxygen atoms in total. The fraction of sp³-hybridized carbons (Fsp3) is 0.273. The average molecular weight is 291 g/mol. The van der Waals surface area contributed by atoms with Crippen molar-refractivity contribution < 1.29 is 24.2 Å². The normalized spacial score (nSPS) is 11.7. The maximum Gasteiger partial charge on any atom is 0.332 e. The highest BCUT2D eigenvalue weighted by Gasteiger charge is 2.14. The number of benzene rings is 1. The molecule has 0 heterocycles. The van der Waals surface area contributed by atoms with Crippen molar-refractivity contribution >= 4 is 29.3 Å². The molecule has 0 saturated heterocycles. The van der Waals surface area contributed by atoms with Crippen LogP contribution in [0.2, 0.25) is 5.02 Å². The molecule has 0 aliphatic heterocycles. The van der Waals surface area contributed by atoms with E-state index in [-0.39, 0.29) is 23.7 Å². The van der Waals surface area contributed by atoms with E-state index in [9.17, 15) is 14.0 Å². The molecule has 1 aromatic rings. The van der Waals surface area contributed by atoms with Gasteiger partial charge in [-0.3, -0.25) is 0 Å². The maximum atomic E-state index is 13.3. The number of carbonyl (C=O) groups is 2. The number of nitrogens with one attached hydrogen (secondary N) is 2. The SMILES string of the molecule is O=C(NCC[C@H](O)C(=O)O)Nc1c(F)cccc1Cl. The molecule has 1 atom stereocenters. The van der Waals surface area contributed by atoms with Gasteiger partial charge in [-0.25, -0.2) is 14.0 Å². The Morgan fingerprint density at radius 3 is 2.68 bits per heavy atom. The molecule has 0 spiro atoms. The van der Waals surface area contributed by atoms with Crippen LogP contribution in [0, 0.1) is 5.82 Å². The van der Waals surface area contributed by atoms with Gasteiger partial charge in [0.25, 0.3) is 0 Å². The summed E-state index contributed by atoms with van der Waals surface area (Å²) in [6.07, 6.45) is -1.72. The van der Waals surface area contributed by atoms with Crippen LogP contribution in [0.15, 0.2) is 18.2 Å². The van der Waals surface area contributed by atoms with E-state index in [0.717, 1.165) is 6.07 Å². The summed E-state index contributed by atoms with van der Waals surface area (Å²) >= 11 is 5.70. The zero-order valence-electron chi connectivity index (χ0n) is 9.69. The van der Waals surface area contributed by atoms with Gasteiger partial charge in [-0.15, -0.1) is 0 Å². The van der Waals surface area contributed by atoms with E-state index in [4.69, 9.17) is 21.8 Å². The monoisotopic (exact) mass is 290 g/mol. The number of halogens is 2. The Kier molecular flexibility index (Phi) is 5.53. The van der Waals surface area contributed by atoms with Crippen molar-refractivity contribution in [3.05, 3.63) is 29.0 Å². The first-order valence-corrected chi connectivity index (χ1v) is 5.69. The number of para-hydroxylation sites is 1. The molecule has 19 heavy (non-hydrogen) atoms. The maximum absolute atomic E-state index is 13.3. The van der Waals surface area contributed by atoms with Crippen molar-refractivity contribution in [3.8, 4) is 0 Å². The third kappa shape index (κ3) is 4.72. The van der Waals surface area contributed by atoms with E-state index in [2.05, 4.69) is 10.6 Å². The van der Waals surface area contributed by atoms with Crippen LogP contribution in [0.3, 0.4) is 0 Å². The van der Waals surface area contributed by atoms with Crippen molar-refractivity contribution in [1.82, 2.24) is 5.32 Å². The van der Waals surface area contributed by atoms with Crippen LogP contribution < -0.4 is 10.6 Å². The summed E-state index contributed by atoms with van der Waals surface area (Å²) in [5.41, 5.74) is -0.166. The zero-order chi connectivity index (χ0) is 14.4. The molecule has 0 unspecified atom stereocenters. The van der Waals surface area contributed by atoms with Gasteiger partial charge in [0, 0.05) is 13.0 Å². The Labute approximate surface area is 113 Å². The lowest BCUT2D eigenvalue weighted by Gasteiger charge is -2.10. The van der Waals surface area contributed by atoms with Crippen molar-refractivity contribution in [2.24, 2.45) is 0 Å². The Hall–Kier alpha value is -1.86. The van der Waals surface area contributed by atoms with Crippen molar-refractivity contribution in [2.75, 3.05) is 11.9 Å². The van der Waals surface area contributed by atoms with E-state index in [1.54, 1.807) is 0 Å². The minimum absolute atomic E-state index is 0.0423. The molecular weight excluding hydrogens is 279 g/mol. The van der Waals surface area contributed by atoms with Crippen LogP contribution >= 0.6 is 11.6 Å². The number of carboxylic acids is 1. The van der Waals surface area contributed by atoms with Crippen molar-refractivity contribution in [1.29, 1.82) is 0 Å². The number of rotatable bonds is 5. The zero-order valence-corrected chi connectivity index (χ0v) is 10.4. The molecular formula is C11H12ClFN2O4. The molecule has 0 aliphatic carbocycles. The Morgan fingerprint density at radius 1 is 1.42 bits per heavy atom. The number of aliphatic hydroxyl groups is 1. The van der Waals surface area contributed by atoms with Gasteiger partial charge in [-0.2, -0.15) is 0 Å². The summed E-state index contributed by atoms with van der Waals surface area (Å²) in [5, 5.41) is 21.9. The van der Waals surface area contributed by atoms with Crippen LogP contribution in [0.1, 0.15) is 6.42 Å². The van der Waals surface area contributed by atoms with Gasteiger partial charge in [0.05, 0.1) is 10.7 Å². The number of urea groups is 1. The van der Waals surface area contributed by atoms with E-state index in [0.29, 0.717) is 0 Å². The number of anilines is 1. The van der Waals surface area contributed by atoms with E-state index in [1.165, 1.54) is 12.1 Å². The smallest absolute Gasteiger partial charge is 0.332 e. The molecule has 0 saturated carbocycles. The lowest BCUT2D eigenvalue weighted by molar-refractivity contribution is -0.146. The molecule has 0 fully saturated rings. The molecule has 1 aromatic carbocycles. The number of hydrogen-bond donors (Lipinski definition) is 4. The highest BCUT2D eigenvalue weighted by atomic mass is 35.5. The topological polar surface area (TPSA) is 98.7 Å². The summed E-state index contributed by atoms with van der Waals surface area (Å²) in [6, 6.07) is 3.19. The number of hydrogen-bond acceptors (Lipinski definition) is 3. The minimum Gasteiger partial charge on any atom is -0.479 e. The average Bonchev–Trinajstić information content (AvgIpc) is 2.33. The first-order valence-electron chi connectivity index (χ1n) is 5.31. The Balaban J connectivity index is 2.46. The quantitative estimate of drug-likeness (QED) is 0.659. The molecule has 0 radical (unpaired) electrons. The van der Waals surface area contributed by atoms with Crippen LogP contribution in [-0.2, 0) is 4.79 Å². The van der Waals surface area contributed by atoms with Crippen LogP contribution in [-0.4, -0.2) is 34.9 Å². The van der Waals surface area contributed by atoms with Crippen LogP contribution in [0.25, 0.3) is 0 Å². The summed E-state index contributed by atoms with van der Waals surface area (Å²) in [6.45, 7) is -0.0780. The third-order valence-electron chi connectivity index (χ3n) is 2.19. The highest BCUT2D eigenvalue weighted by molar-refractivity contribution is 6.33. The fourth-order valence-electron chi connectivity index (χ4n) is 1.22. The van der Waals surface area contributed by atoms with Crippen molar-refractivity contribution in [2.45, 2.75) is 12.5 Å². The molecule has 2 amide bonds. The second-order valence-corrected chi connectivity index (χ2v) is 4.03. The largest absolute Gasteiger partial charge is 0.479 e. The van der Waals surface area contributed by atoms with E-state index >= 15 is 0 Å². The fourth-order valence-corrected chi connectivity index (χ4v) is 1.43. The highest BCUT2D eigenvalue weighted by Crippen LogP contribution is 2.24. The van der Waals surface area contributed by atoms with Gasteiger partial charge < -0.3 is 20.8 Å². The lowest BCUT2D eigenvalue weighted by Crippen LogP contribution is -2.33. The van der Waals surface area contributed by atoms with Gasteiger partial charge >= 0.3 is 12.0 Å². The summed E-state index contributed by atoms with van der Waals surface area (Å²) in [4.78, 5) is 21.7. The second-order valence-electron chi connectivity index (χ2n) is 3.62. The standard InChI is InChI=1S/C11H12ClFN2O4/c12-6-2-1-3-7(13)9(6)15-11(19)14-5-4-8(16)10(17)18/h1-3,8,16H,4-5H2,(H,17,18)(H2,14,15,19)/t8-/m0/s1. The lowest BCUT2D eigenvalue weighted by atomic mass is 10.2. The predicted molar refractivity (Wildman–Crippen MR) is 66.7 cm³/mol. The Bertz CT molecular complexity index is 464. The number of amides is 2. The van der Waals surface area contributed by atoms with Crippen LogP contribution in [0.4, 0.5) is 14.9 Å². The molecule has 0 aromatic heterocycles. The molecule has 1 rings (SSSR count). The molecule has 0 aliphatic rings. The number of carboxylic acid groups (broad SMARTS) is 1. The summed E-state index contributed by atoms with van der Waals surface area (Å²) < 4.78 is 13.3. The number of aliphatic carboxylic acids is 1. The first kappa shape index (κ1) is 15.2. The minimum atomic E-state index is -1.56. The van der Waals surface area contributed by atoms with Gasteiger partial charge in [0.15, 0.2) is 6.10 Å². The van der Waals surface area contributed by atoms with Gasteiger partial charge in [-0.1, -0.05) is 17.7 Å². The van der Waals surface area contributed by atoms with Gasteiger partial charge in [0.2, 0.25) is 0 Å². The Morgan fingerprint density at radius 2 is 2.11 bits per heavy atom. The van der Waals surface area contributed by atoms with Crippen LogP contribution in [0.5, 0.6) is 0 Å². The van der Waals surface area contributed by atoms with Gasteiger partial charge in [-0.05, 0) is 12.1 Å².